The van der Waals surface area contributed by atoms with Crippen LogP contribution in [0.5, 0.6) is 0 Å². The standard InChI is InChI=1S/C26H41N5/c1-23(2)13-17(14-24(3,4)30-23)27-21-19-11-9-10-12-20(19)22(29-21)28-18-15-25(5,6)31-26(7,8)16-18/h9-12,17-18,30-31H,13-16H2,1-8H3,(H,27,28,29). The van der Waals surface area contributed by atoms with E-state index in [1.807, 2.05) is 0 Å². The second kappa shape index (κ2) is 7.41. The average Bonchev–Trinajstić information content (AvgIpc) is 2.87. The van der Waals surface area contributed by atoms with Gasteiger partial charge in [-0.05, 0) is 81.1 Å². The molecule has 0 saturated carbocycles. The Balaban J connectivity index is 1.64. The van der Waals surface area contributed by atoms with Crippen LogP contribution in [0.15, 0.2) is 34.3 Å². The Morgan fingerprint density at radius 1 is 0.613 bits per heavy atom. The largest absolute Gasteiger partial charge is 0.324 e. The van der Waals surface area contributed by atoms with Gasteiger partial charge in [0.05, 0.1) is 12.1 Å². The predicted molar refractivity (Wildman–Crippen MR) is 131 cm³/mol. The SMILES string of the molecule is CC1(C)CC(N=C2NC(=NC3CC(C)(C)NC(C)(C)C3)c3ccccc32)CC(C)(C)N1. The second-order valence-corrected chi connectivity index (χ2v) is 12.5. The van der Waals surface area contributed by atoms with Gasteiger partial charge >= 0.3 is 0 Å². The minimum atomic E-state index is 0.0811. The van der Waals surface area contributed by atoms with Crippen LogP contribution in [0, 0.1) is 0 Å². The van der Waals surface area contributed by atoms with Crippen molar-refractivity contribution < 1.29 is 0 Å². The van der Waals surface area contributed by atoms with Gasteiger partial charge in [0.15, 0.2) is 0 Å². The first-order valence-electron chi connectivity index (χ1n) is 11.8. The molecule has 5 heteroatoms. The summed E-state index contributed by atoms with van der Waals surface area (Å²) in [7, 11) is 0. The molecule has 31 heavy (non-hydrogen) atoms. The summed E-state index contributed by atoms with van der Waals surface area (Å²) in [5.74, 6) is 1.97. The topological polar surface area (TPSA) is 60.8 Å². The molecule has 170 valence electrons. The summed E-state index contributed by atoms with van der Waals surface area (Å²) in [6.07, 6.45) is 4.14. The highest BCUT2D eigenvalue weighted by Gasteiger charge is 2.40. The van der Waals surface area contributed by atoms with Gasteiger partial charge in [-0.2, -0.15) is 0 Å². The molecule has 0 spiro atoms. The van der Waals surface area contributed by atoms with Crippen molar-refractivity contribution in [3.05, 3.63) is 35.4 Å². The van der Waals surface area contributed by atoms with Crippen LogP contribution < -0.4 is 16.0 Å². The number of fused-ring (bicyclic) bond motifs is 1. The first kappa shape index (κ1) is 22.5. The Morgan fingerprint density at radius 3 is 1.26 bits per heavy atom. The molecule has 0 unspecified atom stereocenters. The highest BCUT2D eigenvalue weighted by atomic mass is 15.1. The van der Waals surface area contributed by atoms with Gasteiger partial charge in [0, 0.05) is 33.3 Å². The summed E-state index contributed by atoms with van der Waals surface area (Å²) in [5.41, 5.74) is 2.69. The van der Waals surface area contributed by atoms with E-state index in [2.05, 4.69) is 95.6 Å². The molecule has 0 atom stereocenters. The van der Waals surface area contributed by atoms with E-state index in [1.54, 1.807) is 0 Å². The van der Waals surface area contributed by atoms with Gasteiger partial charge in [-0.1, -0.05) is 24.3 Å². The summed E-state index contributed by atoms with van der Waals surface area (Å²) in [5, 5.41) is 11.1. The van der Waals surface area contributed by atoms with E-state index in [9.17, 15) is 0 Å². The normalized spacial score (nSPS) is 29.7. The zero-order valence-corrected chi connectivity index (χ0v) is 20.7. The van der Waals surface area contributed by atoms with E-state index >= 15 is 0 Å². The first-order chi connectivity index (χ1) is 14.2. The third-order valence-corrected chi connectivity index (χ3v) is 6.63. The van der Waals surface area contributed by atoms with E-state index < -0.39 is 0 Å². The van der Waals surface area contributed by atoms with Gasteiger partial charge in [-0.25, -0.2) is 0 Å². The summed E-state index contributed by atoms with van der Waals surface area (Å²) in [6.45, 7) is 18.3. The molecule has 2 saturated heterocycles. The van der Waals surface area contributed by atoms with Crippen molar-refractivity contribution in [1.82, 2.24) is 16.0 Å². The monoisotopic (exact) mass is 423 g/mol. The van der Waals surface area contributed by atoms with Gasteiger partial charge in [-0.3, -0.25) is 9.98 Å². The van der Waals surface area contributed by atoms with Crippen molar-refractivity contribution in [1.29, 1.82) is 0 Å². The number of nitrogens with one attached hydrogen (secondary N) is 3. The molecular weight excluding hydrogens is 382 g/mol. The Kier molecular flexibility index (Phi) is 5.37. The van der Waals surface area contributed by atoms with E-state index in [1.165, 1.54) is 11.1 Å². The molecule has 0 amide bonds. The van der Waals surface area contributed by atoms with Crippen molar-refractivity contribution in [3.8, 4) is 0 Å². The van der Waals surface area contributed by atoms with Gasteiger partial charge in [0.25, 0.3) is 0 Å². The maximum absolute atomic E-state index is 5.24. The zero-order valence-electron chi connectivity index (χ0n) is 20.7. The molecule has 3 N–H and O–H groups in total. The van der Waals surface area contributed by atoms with Crippen LogP contribution in [-0.4, -0.2) is 45.9 Å². The summed E-state index contributed by atoms with van der Waals surface area (Å²) < 4.78 is 0. The van der Waals surface area contributed by atoms with Crippen LogP contribution in [0.3, 0.4) is 0 Å². The van der Waals surface area contributed by atoms with Crippen molar-refractivity contribution in [2.75, 3.05) is 0 Å². The number of aliphatic imine (C=N–C) groups is 2. The van der Waals surface area contributed by atoms with Crippen LogP contribution in [0.25, 0.3) is 0 Å². The van der Waals surface area contributed by atoms with Crippen LogP contribution in [0.1, 0.15) is 92.2 Å². The molecule has 0 radical (unpaired) electrons. The first-order valence-corrected chi connectivity index (χ1v) is 11.8. The highest BCUT2D eigenvalue weighted by Crippen LogP contribution is 2.33. The summed E-state index contributed by atoms with van der Waals surface area (Å²) in [4.78, 5) is 10.5. The molecule has 5 nitrogen and oxygen atoms in total. The Hall–Kier alpha value is -1.72. The maximum atomic E-state index is 5.24. The molecule has 1 aromatic carbocycles. The fourth-order valence-corrected chi connectivity index (χ4v) is 6.43. The van der Waals surface area contributed by atoms with Gasteiger partial charge in [-0.15, -0.1) is 0 Å². The third-order valence-electron chi connectivity index (χ3n) is 6.63. The molecule has 2 fully saturated rings. The van der Waals surface area contributed by atoms with E-state index in [0.717, 1.165) is 37.4 Å². The van der Waals surface area contributed by atoms with E-state index in [-0.39, 0.29) is 34.2 Å². The Bertz CT molecular complexity index is 801. The number of rotatable bonds is 2. The number of hydrogen-bond donors (Lipinski definition) is 3. The van der Waals surface area contributed by atoms with Crippen LogP contribution in [0.4, 0.5) is 0 Å². The van der Waals surface area contributed by atoms with Gasteiger partial charge in [0.1, 0.15) is 11.7 Å². The summed E-state index contributed by atoms with van der Waals surface area (Å²) in [6, 6.07) is 9.14. The number of hydrogen-bond acceptors (Lipinski definition) is 4. The lowest BCUT2D eigenvalue weighted by atomic mass is 9.80. The fourth-order valence-electron chi connectivity index (χ4n) is 6.43. The summed E-state index contributed by atoms with van der Waals surface area (Å²) >= 11 is 0. The van der Waals surface area contributed by atoms with Crippen LogP contribution in [-0.2, 0) is 0 Å². The quantitative estimate of drug-likeness (QED) is 0.661. The number of piperidine rings is 2. The lowest BCUT2D eigenvalue weighted by Crippen LogP contribution is -2.59. The minimum Gasteiger partial charge on any atom is -0.324 e. The molecule has 0 aromatic heterocycles. The molecule has 3 heterocycles. The molecular formula is C26H41N5. The second-order valence-electron chi connectivity index (χ2n) is 12.5. The molecule has 0 aliphatic carbocycles. The smallest absolute Gasteiger partial charge is 0.134 e. The molecule has 1 aromatic rings. The van der Waals surface area contributed by atoms with Crippen LogP contribution >= 0.6 is 0 Å². The fraction of sp³-hybridized carbons (Fsp3) is 0.692. The van der Waals surface area contributed by atoms with Crippen molar-refractivity contribution in [2.45, 2.75) is 115 Å². The highest BCUT2D eigenvalue weighted by molar-refractivity contribution is 6.25. The lowest BCUT2D eigenvalue weighted by Gasteiger charge is -2.45. The third kappa shape index (κ3) is 5.20. The maximum Gasteiger partial charge on any atom is 0.134 e. The minimum absolute atomic E-state index is 0.0811. The van der Waals surface area contributed by atoms with Crippen molar-refractivity contribution in [3.63, 3.8) is 0 Å². The van der Waals surface area contributed by atoms with Gasteiger partial charge < -0.3 is 16.0 Å². The van der Waals surface area contributed by atoms with E-state index in [0.29, 0.717) is 0 Å². The van der Waals surface area contributed by atoms with Crippen LogP contribution in [0.2, 0.25) is 0 Å². The molecule has 3 aliphatic heterocycles. The molecule has 3 aliphatic rings. The van der Waals surface area contributed by atoms with Gasteiger partial charge in [0.2, 0.25) is 0 Å². The number of amidine groups is 2. The number of benzene rings is 1. The molecule has 4 rings (SSSR count). The Labute approximate surface area is 188 Å². The zero-order chi connectivity index (χ0) is 22.7. The van der Waals surface area contributed by atoms with Crippen molar-refractivity contribution in [2.24, 2.45) is 9.98 Å². The average molecular weight is 424 g/mol. The molecule has 0 bridgehead atoms. The lowest BCUT2D eigenvalue weighted by molar-refractivity contribution is 0.164. The van der Waals surface area contributed by atoms with Crippen molar-refractivity contribution >= 4 is 11.7 Å². The predicted octanol–water partition coefficient (Wildman–Crippen LogP) is 4.40. The Morgan fingerprint density at radius 2 is 0.935 bits per heavy atom. The number of nitrogens with zero attached hydrogens (tertiary/aromatic N) is 2. The van der Waals surface area contributed by atoms with E-state index in [4.69, 9.17) is 9.98 Å².